The summed E-state index contributed by atoms with van der Waals surface area (Å²) in [5.74, 6) is 0.654. The molecule has 3 rings (SSSR count). The third-order valence-corrected chi connectivity index (χ3v) is 3.40. The van der Waals surface area contributed by atoms with Crippen LogP contribution in [0.4, 0.5) is 5.82 Å². The van der Waals surface area contributed by atoms with Crippen LogP contribution in [0.3, 0.4) is 0 Å². The fourth-order valence-corrected chi connectivity index (χ4v) is 2.40. The third-order valence-electron chi connectivity index (χ3n) is 2.51. The predicted octanol–water partition coefficient (Wildman–Crippen LogP) is 1.68. The molecule has 0 radical (unpaired) electrons. The molecule has 0 saturated heterocycles. The van der Waals surface area contributed by atoms with Crippen LogP contribution >= 0.6 is 11.3 Å². The number of fused-ring (bicyclic) bond motifs is 1. The van der Waals surface area contributed by atoms with Crippen LogP contribution < -0.4 is 10.1 Å². The van der Waals surface area contributed by atoms with Gasteiger partial charge in [0, 0.05) is 0 Å². The number of imidazole rings is 1. The van der Waals surface area contributed by atoms with Crippen molar-refractivity contribution in [2.75, 3.05) is 12.4 Å². The summed E-state index contributed by atoms with van der Waals surface area (Å²) >= 11 is 1.30. The Kier molecular flexibility index (Phi) is 2.84. The summed E-state index contributed by atoms with van der Waals surface area (Å²) in [6.45, 7) is 0. The number of carbonyl (C=O) groups is 1. The van der Waals surface area contributed by atoms with E-state index in [0.717, 1.165) is 0 Å². The lowest BCUT2D eigenvalue weighted by molar-refractivity contribution is 0.102. The number of thiophene rings is 1. The molecular weight excluding hydrogens is 266 g/mol. The minimum Gasteiger partial charge on any atom is -0.495 e. The Morgan fingerprint density at radius 3 is 3.16 bits per heavy atom. The molecule has 0 spiro atoms. The van der Waals surface area contributed by atoms with Gasteiger partial charge >= 0.3 is 0 Å². The average molecular weight is 275 g/mol. The first-order chi connectivity index (χ1) is 9.29. The Bertz CT molecular complexity index is 735. The van der Waals surface area contributed by atoms with Crippen molar-refractivity contribution in [1.29, 1.82) is 0 Å². The van der Waals surface area contributed by atoms with E-state index >= 15 is 0 Å². The number of anilines is 1. The Morgan fingerprint density at radius 2 is 2.32 bits per heavy atom. The smallest absolute Gasteiger partial charge is 0.270 e. The van der Waals surface area contributed by atoms with Gasteiger partial charge < -0.3 is 15.0 Å². The number of aromatic nitrogens is 4. The maximum atomic E-state index is 12.1. The summed E-state index contributed by atoms with van der Waals surface area (Å²) in [6, 6.07) is 1.74. The lowest BCUT2D eigenvalue weighted by Crippen LogP contribution is -2.13. The number of carbonyl (C=O) groups excluding carboxylic acids is 1. The molecule has 3 aromatic rings. The lowest BCUT2D eigenvalue weighted by atomic mass is 10.4. The van der Waals surface area contributed by atoms with Crippen molar-refractivity contribution in [2.24, 2.45) is 0 Å². The van der Waals surface area contributed by atoms with Gasteiger partial charge in [-0.25, -0.2) is 15.0 Å². The zero-order valence-corrected chi connectivity index (χ0v) is 10.7. The number of hydrogen-bond acceptors (Lipinski definition) is 6. The summed E-state index contributed by atoms with van der Waals surface area (Å²) in [4.78, 5) is 27.5. The maximum absolute atomic E-state index is 12.1. The molecule has 7 nitrogen and oxygen atoms in total. The first kappa shape index (κ1) is 11.6. The van der Waals surface area contributed by atoms with E-state index in [0.29, 0.717) is 27.6 Å². The number of amides is 1. The summed E-state index contributed by atoms with van der Waals surface area (Å²) in [5, 5.41) is 4.51. The number of H-pyrrole nitrogens is 1. The van der Waals surface area contributed by atoms with Crippen molar-refractivity contribution in [1.82, 2.24) is 19.9 Å². The van der Waals surface area contributed by atoms with Crippen molar-refractivity contribution < 1.29 is 9.53 Å². The number of nitrogens with one attached hydrogen (secondary N) is 2. The van der Waals surface area contributed by atoms with Crippen molar-refractivity contribution in [3.8, 4) is 5.75 Å². The van der Waals surface area contributed by atoms with Gasteiger partial charge in [-0.1, -0.05) is 0 Å². The van der Waals surface area contributed by atoms with Gasteiger partial charge in [0.1, 0.15) is 22.5 Å². The first-order valence-corrected chi connectivity index (χ1v) is 6.24. The molecular formula is C11H9N5O2S. The van der Waals surface area contributed by atoms with E-state index in [1.54, 1.807) is 11.4 Å². The Balaban J connectivity index is 1.93. The van der Waals surface area contributed by atoms with Crippen LogP contribution in [0, 0.1) is 0 Å². The van der Waals surface area contributed by atoms with Gasteiger partial charge in [-0.15, -0.1) is 11.3 Å². The SMILES string of the molecule is COc1ccsc1C(=O)Nc1ncnc2nc[nH]c12. The molecule has 3 aromatic heterocycles. The third kappa shape index (κ3) is 2.02. The van der Waals surface area contributed by atoms with Crippen LogP contribution in [0.1, 0.15) is 9.67 Å². The zero-order chi connectivity index (χ0) is 13.2. The Labute approximate surface area is 111 Å². The van der Waals surface area contributed by atoms with Crippen molar-refractivity contribution >= 4 is 34.2 Å². The molecule has 0 bridgehead atoms. The van der Waals surface area contributed by atoms with Gasteiger partial charge in [0.2, 0.25) is 0 Å². The fraction of sp³-hybridized carbons (Fsp3) is 0.0909. The van der Waals surface area contributed by atoms with E-state index in [9.17, 15) is 4.79 Å². The van der Waals surface area contributed by atoms with Gasteiger partial charge in [-0.05, 0) is 11.4 Å². The summed E-state index contributed by atoms with van der Waals surface area (Å²) in [6.07, 6.45) is 2.85. The summed E-state index contributed by atoms with van der Waals surface area (Å²) in [7, 11) is 1.52. The van der Waals surface area contributed by atoms with Crippen molar-refractivity contribution in [2.45, 2.75) is 0 Å². The quantitative estimate of drug-likeness (QED) is 0.758. The van der Waals surface area contributed by atoms with Gasteiger partial charge in [0.25, 0.3) is 5.91 Å². The number of ether oxygens (including phenoxy) is 1. The minimum absolute atomic E-state index is 0.276. The summed E-state index contributed by atoms with van der Waals surface area (Å²) in [5.41, 5.74) is 1.09. The van der Waals surface area contributed by atoms with Crippen LogP contribution in [-0.2, 0) is 0 Å². The first-order valence-electron chi connectivity index (χ1n) is 5.36. The van der Waals surface area contributed by atoms with E-state index in [2.05, 4.69) is 25.3 Å². The van der Waals surface area contributed by atoms with Gasteiger partial charge in [0.05, 0.1) is 13.4 Å². The van der Waals surface area contributed by atoms with E-state index in [1.807, 2.05) is 0 Å². The topological polar surface area (TPSA) is 92.8 Å². The summed E-state index contributed by atoms with van der Waals surface area (Å²) < 4.78 is 5.11. The van der Waals surface area contributed by atoms with Crippen LogP contribution in [-0.4, -0.2) is 33.0 Å². The second kappa shape index (κ2) is 4.65. The van der Waals surface area contributed by atoms with Gasteiger partial charge in [0.15, 0.2) is 11.5 Å². The molecule has 2 N–H and O–H groups in total. The highest BCUT2D eigenvalue weighted by Crippen LogP contribution is 2.25. The van der Waals surface area contributed by atoms with Crippen LogP contribution in [0.25, 0.3) is 11.2 Å². The second-order valence-electron chi connectivity index (χ2n) is 3.60. The van der Waals surface area contributed by atoms with Crippen LogP contribution in [0.5, 0.6) is 5.75 Å². The predicted molar refractivity (Wildman–Crippen MR) is 70.5 cm³/mol. The second-order valence-corrected chi connectivity index (χ2v) is 4.51. The van der Waals surface area contributed by atoms with Crippen molar-refractivity contribution in [3.05, 3.63) is 29.0 Å². The molecule has 0 aliphatic carbocycles. The molecule has 3 heterocycles. The lowest BCUT2D eigenvalue weighted by Gasteiger charge is -2.04. The molecule has 0 aliphatic rings. The highest BCUT2D eigenvalue weighted by molar-refractivity contribution is 7.12. The molecule has 0 atom stereocenters. The zero-order valence-electron chi connectivity index (χ0n) is 9.88. The van der Waals surface area contributed by atoms with Crippen LogP contribution in [0.2, 0.25) is 0 Å². The maximum Gasteiger partial charge on any atom is 0.270 e. The highest BCUT2D eigenvalue weighted by Gasteiger charge is 2.16. The standard InChI is InChI=1S/C11H9N5O2S/c1-18-6-2-3-19-8(6)11(17)16-10-7-9(13-4-12-7)14-5-15-10/h2-5H,1H3,(H2,12,13,14,15,16,17). The number of aromatic amines is 1. The normalized spacial score (nSPS) is 10.6. The number of nitrogens with zero attached hydrogens (tertiary/aromatic N) is 3. The van der Waals surface area contributed by atoms with E-state index in [4.69, 9.17) is 4.74 Å². The van der Waals surface area contributed by atoms with Crippen LogP contribution in [0.15, 0.2) is 24.1 Å². The Hall–Kier alpha value is -2.48. The molecule has 96 valence electrons. The fourth-order valence-electron chi connectivity index (χ4n) is 1.65. The number of hydrogen-bond donors (Lipinski definition) is 2. The Morgan fingerprint density at radius 1 is 1.42 bits per heavy atom. The number of rotatable bonds is 3. The largest absolute Gasteiger partial charge is 0.495 e. The molecule has 1 amide bonds. The minimum atomic E-state index is -0.276. The molecule has 0 aromatic carbocycles. The van der Waals surface area contributed by atoms with Gasteiger partial charge in [-0.2, -0.15) is 0 Å². The molecule has 0 unspecified atom stereocenters. The van der Waals surface area contributed by atoms with Gasteiger partial charge in [-0.3, -0.25) is 4.79 Å². The van der Waals surface area contributed by atoms with E-state index in [-0.39, 0.29) is 5.91 Å². The molecule has 0 aliphatic heterocycles. The molecule has 8 heteroatoms. The molecule has 0 fully saturated rings. The van der Waals surface area contributed by atoms with E-state index in [1.165, 1.54) is 31.1 Å². The molecule has 19 heavy (non-hydrogen) atoms. The molecule has 0 saturated carbocycles. The highest BCUT2D eigenvalue weighted by atomic mass is 32.1. The number of methoxy groups -OCH3 is 1. The van der Waals surface area contributed by atoms with E-state index < -0.39 is 0 Å². The average Bonchev–Trinajstić information content (AvgIpc) is 3.07. The van der Waals surface area contributed by atoms with Crippen molar-refractivity contribution in [3.63, 3.8) is 0 Å². The monoisotopic (exact) mass is 275 g/mol.